The number of nitrogens with one attached hydrogen (secondary N) is 1. The van der Waals surface area contributed by atoms with Gasteiger partial charge in [-0.1, -0.05) is 19.9 Å². The van der Waals surface area contributed by atoms with Crippen LogP contribution < -0.4 is 20.9 Å². The number of nitrogens with zero attached hydrogens (tertiary/aromatic N) is 4. The molecule has 1 aliphatic rings. The molecule has 1 atom stereocenters. The van der Waals surface area contributed by atoms with Crippen molar-refractivity contribution in [3.05, 3.63) is 41.6 Å². The average Bonchev–Trinajstić information content (AvgIpc) is 3.03. The molecule has 8 nitrogen and oxygen atoms in total. The van der Waals surface area contributed by atoms with E-state index in [0.717, 1.165) is 12.1 Å². The maximum atomic E-state index is 13.2. The van der Waals surface area contributed by atoms with E-state index in [4.69, 9.17) is 5.73 Å². The van der Waals surface area contributed by atoms with E-state index in [1.165, 1.54) is 28.1 Å². The molecule has 2 aromatic rings. The van der Waals surface area contributed by atoms with E-state index in [-0.39, 0.29) is 47.6 Å². The lowest BCUT2D eigenvalue weighted by Crippen LogP contribution is -2.35. The quantitative estimate of drug-likeness (QED) is 0.749. The summed E-state index contributed by atoms with van der Waals surface area (Å²) in [7, 11) is 0. The standard InChI is InChI=1S/C20H23F3N6O2/c1-11(2)9-28(14-6-4-5-13(7-14)20(21,22)23)17(30)15-8-25-18(27-16(15)24)29-10-12(3)26-19(29)31/h4-8,11-12H,9-10H2,1-3H3,(H,26,31)(H2,24,25,27). The van der Waals surface area contributed by atoms with E-state index >= 15 is 0 Å². The van der Waals surface area contributed by atoms with E-state index in [9.17, 15) is 22.8 Å². The van der Waals surface area contributed by atoms with Crippen LogP contribution in [0.5, 0.6) is 0 Å². The van der Waals surface area contributed by atoms with Gasteiger partial charge in [-0.25, -0.2) is 9.78 Å². The fraction of sp³-hybridized carbons (Fsp3) is 0.400. The molecule has 3 N–H and O–H groups in total. The van der Waals surface area contributed by atoms with Crippen LogP contribution in [0.4, 0.5) is 35.4 Å². The Balaban J connectivity index is 1.95. The summed E-state index contributed by atoms with van der Waals surface area (Å²) in [6, 6.07) is 4.06. The first kappa shape index (κ1) is 22.3. The second-order valence-electron chi connectivity index (χ2n) is 7.79. The monoisotopic (exact) mass is 436 g/mol. The summed E-state index contributed by atoms with van der Waals surface area (Å²) >= 11 is 0. The van der Waals surface area contributed by atoms with Crippen molar-refractivity contribution in [3.63, 3.8) is 0 Å². The van der Waals surface area contributed by atoms with Crippen molar-refractivity contribution in [2.75, 3.05) is 28.6 Å². The number of aromatic nitrogens is 2. The molecule has 31 heavy (non-hydrogen) atoms. The molecule has 0 saturated carbocycles. The molecule has 0 bridgehead atoms. The molecule has 2 heterocycles. The van der Waals surface area contributed by atoms with Gasteiger partial charge in [-0.15, -0.1) is 0 Å². The van der Waals surface area contributed by atoms with Gasteiger partial charge in [0.2, 0.25) is 5.95 Å². The van der Waals surface area contributed by atoms with Gasteiger partial charge in [0, 0.05) is 24.5 Å². The van der Waals surface area contributed by atoms with Crippen LogP contribution >= 0.6 is 0 Å². The maximum absolute atomic E-state index is 13.2. The largest absolute Gasteiger partial charge is 0.416 e. The zero-order chi connectivity index (χ0) is 22.9. The number of urea groups is 1. The first-order valence-electron chi connectivity index (χ1n) is 9.67. The molecule has 166 valence electrons. The Hall–Kier alpha value is -3.37. The van der Waals surface area contributed by atoms with E-state index in [0.29, 0.717) is 6.54 Å². The molecule has 1 fully saturated rings. The maximum Gasteiger partial charge on any atom is 0.416 e. The molecule has 1 aromatic heterocycles. The highest BCUT2D eigenvalue weighted by Crippen LogP contribution is 2.32. The zero-order valence-electron chi connectivity index (χ0n) is 17.3. The van der Waals surface area contributed by atoms with Crippen molar-refractivity contribution in [1.29, 1.82) is 0 Å². The number of anilines is 3. The van der Waals surface area contributed by atoms with E-state index in [1.807, 2.05) is 20.8 Å². The van der Waals surface area contributed by atoms with Crippen LogP contribution in [-0.2, 0) is 6.18 Å². The van der Waals surface area contributed by atoms with E-state index in [1.54, 1.807) is 0 Å². The molecular weight excluding hydrogens is 413 g/mol. The van der Waals surface area contributed by atoms with Gasteiger partial charge >= 0.3 is 12.2 Å². The second kappa shape index (κ2) is 8.40. The third-order valence-corrected chi connectivity index (χ3v) is 4.63. The Morgan fingerprint density at radius 1 is 1.39 bits per heavy atom. The number of carbonyl (C=O) groups is 2. The predicted molar refractivity (Wildman–Crippen MR) is 110 cm³/mol. The number of benzene rings is 1. The molecule has 1 aromatic carbocycles. The number of rotatable bonds is 5. The fourth-order valence-electron chi connectivity index (χ4n) is 3.21. The van der Waals surface area contributed by atoms with Crippen LogP contribution in [0, 0.1) is 5.92 Å². The van der Waals surface area contributed by atoms with Gasteiger partial charge in [-0.05, 0) is 31.0 Å². The highest BCUT2D eigenvalue weighted by atomic mass is 19.4. The molecule has 3 amide bonds. The molecule has 0 spiro atoms. The van der Waals surface area contributed by atoms with Crippen LogP contribution in [0.25, 0.3) is 0 Å². The number of amides is 3. The number of hydrogen-bond donors (Lipinski definition) is 2. The lowest BCUT2D eigenvalue weighted by Gasteiger charge is -2.26. The van der Waals surface area contributed by atoms with Crippen LogP contribution in [0.2, 0.25) is 0 Å². The third-order valence-electron chi connectivity index (χ3n) is 4.63. The Bertz CT molecular complexity index is 995. The Kier molecular flexibility index (Phi) is 6.05. The summed E-state index contributed by atoms with van der Waals surface area (Å²) < 4.78 is 39.5. The molecule has 11 heteroatoms. The minimum absolute atomic E-state index is 0.0327. The summed E-state index contributed by atoms with van der Waals surface area (Å²) in [5.41, 5.74) is 5.15. The Labute approximate surface area is 177 Å². The number of carbonyl (C=O) groups excluding carboxylic acids is 2. The smallest absolute Gasteiger partial charge is 0.383 e. The lowest BCUT2D eigenvalue weighted by molar-refractivity contribution is -0.137. The van der Waals surface area contributed by atoms with Gasteiger partial charge in [0.05, 0.1) is 12.1 Å². The van der Waals surface area contributed by atoms with Gasteiger partial charge in [-0.2, -0.15) is 18.2 Å². The number of nitrogen functional groups attached to an aromatic ring is 1. The van der Waals surface area contributed by atoms with Gasteiger partial charge in [0.25, 0.3) is 5.91 Å². The summed E-state index contributed by atoms with van der Waals surface area (Å²) in [4.78, 5) is 35.9. The van der Waals surface area contributed by atoms with Crippen molar-refractivity contribution < 1.29 is 22.8 Å². The lowest BCUT2D eigenvalue weighted by atomic mass is 10.1. The SMILES string of the molecule is CC(C)CN(C(=O)c1cnc(N2CC(C)NC2=O)nc1N)c1cccc(C(F)(F)F)c1. The fourth-order valence-corrected chi connectivity index (χ4v) is 3.21. The third kappa shape index (κ3) is 4.86. The minimum atomic E-state index is -4.54. The molecule has 0 radical (unpaired) electrons. The van der Waals surface area contributed by atoms with Crippen molar-refractivity contribution >= 4 is 29.4 Å². The van der Waals surface area contributed by atoms with Gasteiger partial charge in [0.1, 0.15) is 11.4 Å². The highest BCUT2D eigenvalue weighted by molar-refractivity contribution is 6.09. The van der Waals surface area contributed by atoms with Crippen LogP contribution in [0.15, 0.2) is 30.5 Å². The van der Waals surface area contributed by atoms with Gasteiger partial charge in [-0.3, -0.25) is 9.69 Å². The predicted octanol–water partition coefficient (Wildman–Crippen LogP) is 3.30. The normalized spacial score (nSPS) is 16.5. The minimum Gasteiger partial charge on any atom is -0.383 e. The van der Waals surface area contributed by atoms with Crippen molar-refractivity contribution in [2.45, 2.75) is 33.0 Å². The Morgan fingerprint density at radius 2 is 2.10 bits per heavy atom. The molecule has 1 aliphatic heterocycles. The first-order chi connectivity index (χ1) is 14.5. The summed E-state index contributed by atoms with van der Waals surface area (Å²) in [5.74, 6) is -0.778. The summed E-state index contributed by atoms with van der Waals surface area (Å²) in [6.45, 7) is 5.99. The molecule has 1 unspecified atom stereocenters. The second-order valence-corrected chi connectivity index (χ2v) is 7.79. The molecular formula is C20H23F3N6O2. The van der Waals surface area contributed by atoms with Crippen LogP contribution in [-0.4, -0.2) is 41.0 Å². The van der Waals surface area contributed by atoms with Gasteiger partial charge in [0.15, 0.2) is 0 Å². The number of alkyl halides is 3. The van der Waals surface area contributed by atoms with Crippen molar-refractivity contribution in [1.82, 2.24) is 15.3 Å². The summed E-state index contributed by atoms with van der Waals surface area (Å²) in [5, 5.41) is 2.70. The van der Waals surface area contributed by atoms with E-state index in [2.05, 4.69) is 15.3 Å². The van der Waals surface area contributed by atoms with Gasteiger partial charge < -0.3 is 16.0 Å². The molecule has 3 rings (SSSR count). The van der Waals surface area contributed by atoms with Crippen molar-refractivity contribution in [3.8, 4) is 0 Å². The average molecular weight is 436 g/mol. The zero-order valence-corrected chi connectivity index (χ0v) is 17.3. The Morgan fingerprint density at radius 3 is 2.65 bits per heavy atom. The van der Waals surface area contributed by atoms with Crippen molar-refractivity contribution in [2.24, 2.45) is 5.92 Å². The highest BCUT2D eigenvalue weighted by Gasteiger charge is 2.33. The number of halogens is 3. The first-order valence-corrected chi connectivity index (χ1v) is 9.67. The van der Waals surface area contributed by atoms with Crippen LogP contribution in [0.1, 0.15) is 36.7 Å². The molecule has 1 saturated heterocycles. The van der Waals surface area contributed by atoms with Crippen LogP contribution in [0.3, 0.4) is 0 Å². The van der Waals surface area contributed by atoms with E-state index < -0.39 is 17.6 Å². The molecule has 0 aliphatic carbocycles. The number of hydrogen-bond acceptors (Lipinski definition) is 5. The topological polar surface area (TPSA) is 104 Å². The summed E-state index contributed by atoms with van der Waals surface area (Å²) in [6.07, 6.45) is -3.35. The number of nitrogens with two attached hydrogens (primary N) is 1.